The van der Waals surface area contributed by atoms with E-state index in [1.165, 1.54) is 0 Å². The Morgan fingerprint density at radius 1 is 1.38 bits per heavy atom. The third-order valence-corrected chi connectivity index (χ3v) is 5.52. The second kappa shape index (κ2) is 6.21. The average molecular weight is 332 g/mol. The number of benzene rings is 1. The maximum absolute atomic E-state index is 12.2. The number of nitrogens with zero attached hydrogens (tertiary/aromatic N) is 1. The Kier molecular flexibility index (Phi) is 4.75. The van der Waals surface area contributed by atoms with Gasteiger partial charge in [-0.1, -0.05) is 11.6 Å². The summed E-state index contributed by atoms with van der Waals surface area (Å²) in [5.41, 5.74) is 6.65. The predicted octanol–water partition coefficient (Wildman–Crippen LogP) is 0.980. The molecular weight excluding hydrogens is 314 g/mol. The Labute approximate surface area is 129 Å². The van der Waals surface area contributed by atoms with Crippen molar-refractivity contribution in [3.05, 3.63) is 23.2 Å². The van der Waals surface area contributed by atoms with Crippen molar-refractivity contribution in [1.82, 2.24) is 4.90 Å². The quantitative estimate of drug-likeness (QED) is 0.805. The molecule has 116 valence electrons. The number of sulfone groups is 1. The molecule has 1 saturated heterocycles. The van der Waals surface area contributed by atoms with Gasteiger partial charge < -0.3 is 11.1 Å². The molecule has 8 heteroatoms. The Morgan fingerprint density at radius 3 is 2.57 bits per heavy atom. The van der Waals surface area contributed by atoms with Crippen molar-refractivity contribution in [2.45, 2.75) is 13.0 Å². The van der Waals surface area contributed by atoms with E-state index in [0.717, 1.165) is 0 Å². The summed E-state index contributed by atoms with van der Waals surface area (Å²) in [6.07, 6.45) is 0. The predicted molar refractivity (Wildman–Crippen MR) is 84.2 cm³/mol. The average Bonchev–Trinajstić information content (AvgIpc) is 2.42. The summed E-state index contributed by atoms with van der Waals surface area (Å²) in [6, 6.07) is 4.47. The zero-order valence-corrected chi connectivity index (χ0v) is 13.2. The lowest BCUT2D eigenvalue weighted by atomic mass is 10.2. The number of carbonyl (C=O) groups excluding carboxylic acids is 1. The van der Waals surface area contributed by atoms with E-state index < -0.39 is 15.9 Å². The molecule has 1 aromatic carbocycles. The van der Waals surface area contributed by atoms with Crippen molar-refractivity contribution in [1.29, 1.82) is 0 Å². The van der Waals surface area contributed by atoms with Gasteiger partial charge in [0.2, 0.25) is 5.91 Å². The second-order valence-corrected chi connectivity index (χ2v) is 7.80. The number of anilines is 2. The van der Waals surface area contributed by atoms with E-state index in [4.69, 9.17) is 17.3 Å². The summed E-state index contributed by atoms with van der Waals surface area (Å²) in [5, 5.41) is 3.19. The van der Waals surface area contributed by atoms with E-state index in [-0.39, 0.29) is 17.4 Å². The van der Waals surface area contributed by atoms with Crippen LogP contribution in [0.25, 0.3) is 0 Å². The number of rotatable bonds is 3. The Morgan fingerprint density at radius 2 is 2.00 bits per heavy atom. The molecule has 0 bridgehead atoms. The van der Waals surface area contributed by atoms with Crippen LogP contribution in [0.15, 0.2) is 18.2 Å². The molecule has 1 aliphatic rings. The van der Waals surface area contributed by atoms with Crippen LogP contribution in [0.3, 0.4) is 0 Å². The third kappa shape index (κ3) is 4.09. The van der Waals surface area contributed by atoms with Crippen LogP contribution >= 0.6 is 11.6 Å². The van der Waals surface area contributed by atoms with Gasteiger partial charge >= 0.3 is 0 Å². The molecule has 1 atom stereocenters. The van der Waals surface area contributed by atoms with E-state index in [1.54, 1.807) is 25.1 Å². The van der Waals surface area contributed by atoms with Crippen LogP contribution in [0.1, 0.15) is 6.92 Å². The summed E-state index contributed by atoms with van der Waals surface area (Å²) >= 11 is 5.83. The number of nitrogens with two attached hydrogens (primary N) is 1. The monoisotopic (exact) mass is 331 g/mol. The van der Waals surface area contributed by atoms with Gasteiger partial charge in [0.25, 0.3) is 0 Å². The lowest BCUT2D eigenvalue weighted by Crippen LogP contribution is -2.49. The van der Waals surface area contributed by atoms with E-state index in [1.807, 2.05) is 4.90 Å². The van der Waals surface area contributed by atoms with Crippen molar-refractivity contribution >= 4 is 38.7 Å². The summed E-state index contributed by atoms with van der Waals surface area (Å²) in [5.74, 6) is -0.00664. The minimum absolute atomic E-state index is 0.0957. The maximum atomic E-state index is 12.2. The van der Waals surface area contributed by atoms with Crippen LogP contribution in [-0.2, 0) is 14.6 Å². The fourth-order valence-corrected chi connectivity index (χ4v) is 3.49. The summed E-state index contributed by atoms with van der Waals surface area (Å²) in [7, 11) is -2.95. The van der Waals surface area contributed by atoms with Crippen LogP contribution in [0.5, 0.6) is 0 Å². The molecule has 1 aromatic rings. The van der Waals surface area contributed by atoms with Crippen LogP contribution < -0.4 is 11.1 Å². The molecular formula is C13H18ClN3O3S. The van der Waals surface area contributed by atoms with Gasteiger partial charge in [-0.25, -0.2) is 8.42 Å². The van der Waals surface area contributed by atoms with Gasteiger partial charge in [0, 0.05) is 18.8 Å². The SMILES string of the molecule is CC(C(=O)Nc1ccc(Cl)c(N)c1)N1CCS(=O)(=O)CC1. The molecule has 1 aliphatic heterocycles. The lowest BCUT2D eigenvalue weighted by molar-refractivity contribution is -0.120. The molecule has 0 aliphatic carbocycles. The highest BCUT2D eigenvalue weighted by atomic mass is 35.5. The van der Waals surface area contributed by atoms with Crippen LogP contribution in [0, 0.1) is 0 Å². The number of amides is 1. The second-order valence-electron chi connectivity index (χ2n) is 5.09. The standard InChI is InChI=1S/C13H18ClN3O3S/c1-9(17-4-6-21(19,20)7-5-17)13(18)16-10-2-3-11(14)12(15)8-10/h2-3,8-9H,4-7,15H2,1H3,(H,16,18). The maximum Gasteiger partial charge on any atom is 0.241 e. The molecule has 1 amide bonds. The number of halogens is 1. The van der Waals surface area contributed by atoms with E-state index in [0.29, 0.717) is 29.5 Å². The van der Waals surface area contributed by atoms with Crippen molar-refractivity contribution < 1.29 is 13.2 Å². The molecule has 0 saturated carbocycles. The number of nitrogen functional groups attached to an aromatic ring is 1. The molecule has 2 rings (SSSR count). The normalized spacial score (nSPS) is 19.9. The van der Waals surface area contributed by atoms with Crippen molar-refractivity contribution in [2.75, 3.05) is 35.6 Å². The van der Waals surface area contributed by atoms with Crippen LogP contribution in [0.4, 0.5) is 11.4 Å². The highest BCUT2D eigenvalue weighted by molar-refractivity contribution is 7.91. The molecule has 1 unspecified atom stereocenters. The molecule has 1 fully saturated rings. The minimum atomic E-state index is -2.95. The molecule has 1 heterocycles. The van der Waals surface area contributed by atoms with Crippen molar-refractivity contribution in [3.63, 3.8) is 0 Å². The first-order valence-electron chi connectivity index (χ1n) is 6.59. The van der Waals surface area contributed by atoms with E-state index in [2.05, 4.69) is 5.32 Å². The van der Waals surface area contributed by atoms with Gasteiger partial charge in [-0.05, 0) is 25.1 Å². The van der Waals surface area contributed by atoms with Gasteiger partial charge in [0.15, 0.2) is 9.84 Å². The topological polar surface area (TPSA) is 92.5 Å². The fourth-order valence-electron chi connectivity index (χ4n) is 2.15. The Bertz CT molecular complexity index is 634. The zero-order valence-electron chi connectivity index (χ0n) is 11.7. The summed E-state index contributed by atoms with van der Waals surface area (Å²) < 4.78 is 22.8. The highest BCUT2D eigenvalue weighted by Crippen LogP contribution is 2.22. The van der Waals surface area contributed by atoms with Gasteiger partial charge in [-0.3, -0.25) is 9.69 Å². The number of nitrogens with one attached hydrogen (secondary N) is 1. The molecule has 3 N–H and O–H groups in total. The molecule has 6 nitrogen and oxygen atoms in total. The van der Waals surface area contributed by atoms with Gasteiger partial charge in [0.05, 0.1) is 28.3 Å². The molecule has 21 heavy (non-hydrogen) atoms. The van der Waals surface area contributed by atoms with E-state index in [9.17, 15) is 13.2 Å². The summed E-state index contributed by atoms with van der Waals surface area (Å²) in [4.78, 5) is 14.1. The van der Waals surface area contributed by atoms with Crippen molar-refractivity contribution in [3.8, 4) is 0 Å². The first-order valence-corrected chi connectivity index (χ1v) is 8.79. The molecule has 0 aromatic heterocycles. The largest absolute Gasteiger partial charge is 0.397 e. The first kappa shape index (κ1) is 16.1. The van der Waals surface area contributed by atoms with Gasteiger partial charge in [-0.2, -0.15) is 0 Å². The van der Waals surface area contributed by atoms with Crippen LogP contribution in [-0.4, -0.2) is 49.9 Å². The Hall–Kier alpha value is -1.31. The smallest absolute Gasteiger partial charge is 0.241 e. The zero-order chi connectivity index (χ0) is 15.6. The highest BCUT2D eigenvalue weighted by Gasteiger charge is 2.28. The van der Waals surface area contributed by atoms with Crippen LogP contribution in [0.2, 0.25) is 5.02 Å². The number of carbonyl (C=O) groups is 1. The number of hydrogen-bond acceptors (Lipinski definition) is 5. The first-order chi connectivity index (χ1) is 9.78. The summed E-state index contributed by atoms with van der Waals surface area (Å²) in [6.45, 7) is 2.51. The minimum Gasteiger partial charge on any atom is -0.397 e. The van der Waals surface area contributed by atoms with Gasteiger partial charge in [0.1, 0.15) is 0 Å². The van der Waals surface area contributed by atoms with E-state index >= 15 is 0 Å². The lowest BCUT2D eigenvalue weighted by Gasteiger charge is -2.31. The van der Waals surface area contributed by atoms with Crippen molar-refractivity contribution in [2.24, 2.45) is 0 Å². The fraction of sp³-hybridized carbons (Fsp3) is 0.462. The molecule has 0 spiro atoms. The number of hydrogen-bond donors (Lipinski definition) is 2. The molecule has 0 radical (unpaired) electrons. The third-order valence-electron chi connectivity index (χ3n) is 3.57. The van der Waals surface area contributed by atoms with Gasteiger partial charge in [-0.15, -0.1) is 0 Å². The Balaban J connectivity index is 1.98.